The fourth-order valence-corrected chi connectivity index (χ4v) is 6.20. The molecule has 1 aromatic heterocycles. The molecule has 27 heavy (non-hydrogen) atoms. The second kappa shape index (κ2) is 6.61. The zero-order valence-corrected chi connectivity index (χ0v) is 15.7. The highest BCUT2D eigenvalue weighted by atomic mass is 32.2. The zero-order chi connectivity index (χ0) is 19.2. The van der Waals surface area contributed by atoms with Gasteiger partial charge in [-0.05, 0) is 43.9 Å². The molecule has 2 N–H and O–H groups in total. The molecule has 2 bridgehead atoms. The Kier molecular flexibility index (Phi) is 4.39. The Morgan fingerprint density at radius 1 is 1.22 bits per heavy atom. The molecule has 2 fully saturated rings. The first-order valence-electron chi connectivity index (χ1n) is 8.77. The number of nitrogens with zero attached hydrogens (tertiary/aromatic N) is 4. The number of ether oxygens (including phenoxy) is 1. The van der Waals surface area contributed by atoms with E-state index in [2.05, 4.69) is 10.1 Å². The summed E-state index contributed by atoms with van der Waals surface area (Å²) < 4.78 is 35.2. The number of piperidine rings is 1. The lowest BCUT2D eigenvalue weighted by Gasteiger charge is -2.37. The van der Waals surface area contributed by atoms with E-state index in [9.17, 15) is 13.2 Å². The summed E-state index contributed by atoms with van der Waals surface area (Å²) in [5, 5.41) is 4.20. The third-order valence-electron chi connectivity index (χ3n) is 5.46. The van der Waals surface area contributed by atoms with Crippen molar-refractivity contribution in [1.82, 2.24) is 19.1 Å². The van der Waals surface area contributed by atoms with Gasteiger partial charge in [-0.1, -0.05) is 0 Å². The van der Waals surface area contributed by atoms with E-state index in [1.165, 1.54) is 31.6 Å². The summed E-state index contributed by atoms with van der Waals surface area (Å²) in [7, 11) is -2.34. The number of sulfonamides is 1. The van der Waals surface area contributed by atoms with Crippen LogP contribution in [0, 0.1) is 0 Å². The van der Waals surface area contributed by atoms with Crippen molar-refractivity contribution in [2.24, 2.45) is 5.73 Å². The van der Waals surface area contributed by atoms with Crippen molar-refractivity contribution in [2.75, 3.05) is 7.11 Å². The lowest BCUT2D eigenvalue weighted by Crippen LogP contribution is -2.46. The molecular weight excluding hydrogens is 370 g/mol. The van der Waals surface area contributed by atoms with Crippen molar-refractivity contribution in [3.05, 3.63) is 36.4 Å². The van der Waals surface area contributed by atoms with Crippen LogP contribution in [0.15, 0.2) is 35.7 Å². The van der Waals surface area contributed by atoms with Gasteiger partial charge in [-0.3, -0.25) is 4.79 Å². The van der Waals surface area contributed by atoms with Crippen LogP contribution in [0.4, 0.5) is 0 Å². The average Bonchev–Trinajstić information content (AvgIpc) is 3.28. The molecule has 10 heteroatoms. The molecule has 2 saturated heterocycles. The van der Waals surface area contributed by atoms with Gasteiger partial charge in [0.15, 0.2) is 0 Å². The van der Waals surface area contributed by atoms with Crippen LogP contribution in [0.5, 0.6) is 5.75 Å². The molecule has 0 spiro atoms. The molecule has 3 heterocycles. The van der Waals surface area contributed by atoms with Gasteiger partial charge in [0, 0.05) is 12.1 Å². The molecule has 4 rings (SSSR count). The van der Waals surface area contributed by atoms with Crippen molar-refractivity contribution in [2.45, 2.75) is 48.7 Å². The Bertz CT molecular complexity index is 946. The number of amides is 1. The summed E-state index contributed by atoms with van der Waals surface area (Å²) in [4.78, 5) is 15.7. The van der Waals surface area contributed by atoms with Gasteiger partial charge in [0.05, 0.1) is 23.6 Å². The van der Waals surface area contributed by atoms with Crippen LogP contribution in [-0.4, -0.2) is 52.6 Å². The largest absolute Gasteiger partial charge is 0.496 e. The quantitative estimate of drug-likeness (QED) is 0.810. The molecule has 0 saturated carbocycles. The summed E-state index contributed by atoms with van der Waals surface area (Å²) in [6.07, 6.45) is 6.18. The maximum absolute atomic E-state index is 13.3. The number of rotatable bonds is 5. The van der Waals surface area contributed by atoms with Gasteiger partial charge in [-0.25, -0.2) is 18.1 Å². The monoisotopic (exact) mass is 391 g/mol. The van der Waals surface area contributed by atoms with Gasteiger partial charge < -0.3 is 10.5 Å². The van der Waals surface area contributed by atoms with E-state index in [-0.39, 0.29) is 34.3 Å². The highest BCUT2D eigenvalue weighted by molar-refractivity contribution is 7.89. The molecule has 1 aromatic carbocycles. The summed E-state index contributed by atoms with van der Waals surface area (Å²) >= 11 is 0. The van der Waals surface area contributed by atoms with E-state index in [1.54, 1.807) is 10.6 Å². The fourth-order valence-electron chi connectivity index (χ4n) is 4.28. The number of hydrogen-bond donors (Lipinski definition) is 1. The Morgan fingerprint density at radius 3 is 2.48 bits per heavy atom. The summed E-state index contributed by atoms with van der Waals surface area (Å²) in [6.45, 7) is 0. The van der Waals surface area contributed by atoms with E-state index in [4.69, 9.17) is 10.5 Å². The Balaban J connectivity index is 1.65. The van der Waals surface area contributed by atoms with E-state index in [1.807, 2.05) is 4.68 Å². The van der Waals surface area contributed by atoms with Crippen LogP contribution >= 0.6 is 0 Å². The number of aromatic nitrogens is 3. The summed E-state index contributed by atoms with van der Waals surface area (Å²) in [6, 6.07) is 4.19. The molecule has 2 atom stereocenters. The molecule has 2 aromatic rings. The average molecular weight is 391 g/mol. The second-order valence-electron chi connectivity index (χ2n) is 6.95. The first-order chi connectivity index (χ1) is 12.9. The Morgan fingerprint density at radius 2 is 1.93 bits per heavy atom. The third-order valence-corrected chi connectivity index (χ3v) is 7.46. The van der Waals surface area contributed by atoms with Crippen molar-refractivity contribution in [3.8, 4) is 5.75 Å². The number of benzene rings is 1. The third kappa shape index (κ3) is 2.98. The highest BCUT2D eigenvalue weighted by Gasteiger charge is 2.47. The Hall–Kier alpha value is -2.46. The predicted octanol–water partition coefficient (Wildman–Crippen LogP) is 0.942. The van der Waals surface area contributed by atoms with Crippen molar-refractivity contribution >= 4 is 15.9 Å². The Labute approximate surface area is 157 Å². The number of carbonyl (C=O) groups excluding carboxylic acids is 1. The van der Waals surface area contributed by atoms with E-state index < -0.39 is 15.9 Å². The van der Waals surface area contributed by atoms with Crippen LogP contribution in [-0.2, 0) is 10.0 Å². The van der Waals surface area contributed by atoms with Crippen LogP contribution in [0.3, 0.4) is 0 Å². The normalized spacial score (nSPS) is 25.4. The molecule has 2 unspecified atom stereocenters. The number of carbonyl (C=O) groups is 1. The summed E-state index contributed by atoms with van der Waals surface area (Å²) in [5.41, 5.74) is 5.44. The minimum Gasteiger partial charge on any atom is -0.496 e. The van der Waals surface area contributed by atoms with Gasteiger partial charge in [-0.2, -0.15) is 9.40 Å². The maximum atomic E-state index is 13.3. The number of methoxy groups -OCH3 is 1. The molecule has 144 valence electrons. The minimum absolute atomic E-state index is 0.0587. The van der Waals surface area contributed by atoms with Crippen molar-refractivity contribution in [3.63, 3.8) is 0 Å². The van der Waals surface area contributed by atoms with Gasteiger partial charge in [0.25, 0.3) is 5.91 Å². The first-order valence-corrected chi connectivity index (χ1v) is 10.2. The lowest BCUT2D eigenvalue weighted by molar-refractivity contribution is 0.0997. The number of fused-ring (bicyclic) bond motifs is 2. The highest BCUT2D eigenvalue weighted by Crippen LogP contribution is 2.43. The smallest absolute Gasteiger partial charge is 0.252 e. The molecule has 9 nitrogen and oxygen atoms in total. The zero-order valence-electron chi connectivity index (χ0n) is 14.9. The lowest BCUT2D eigenvalue weighted by atomic mass is 10.0. The second-order valence-corrected chi connectivity index (χ2v) is 8.79. The van der Waals surface area contributed by atoms with Crippen LogP contribution in [0.25, 0.3) is 0 Å². The van der Waals surface area contributed by atoms with Gasteiger partial charge in [-0.15, -0.1) is 0 Å². The minimum atomic E-state index is -3.75. The molecule has 1 amide bonds. The predicted molar refractivity (Wildman–Crippen MR) is 95.6 cm³/mol. The van der Waals surface area contributed by atoms with E-state index in [0.717, 1.165) is 12.8 Å². The number of primary amides is 1. The topological polar surface area (TPSA) is 120 Å². The van der Waals surface area contributed by atoms with Crippen molar-refractivity contribution < 1.29 is 17.9 Å². The maximum Gasteiger partial charge on any atom is 0.252 e. The molecular formula is C17H21N5O4S. The van der Waals surface area contributed by atoms with Gasteiger partial charge >= 0.3 is 0 Å². The number of nitrogens with two attached hydrogens (primary N) is 1. The SMILES string of the molecule is COc1ccc(S(=O)(=O)N2C3CCC2CC(n2cncn2)C3)cc1C(N)=O. The fraction of sp³-hybridized carbons (Fsp3) is 0.471. The summed E-state index contributed by atoms with van der Waals surface area (Å²) in [5.74, 6) is -0.467. The van der Waals surface area contributed by atoms with Crippen LogP contribution in [0.2, 0.25) is 0 Å². The van der Waals surface area contributed by atoms with Gasteiger partial charge in [0.1, 0.15) is 18.4 Å². The van der Waals surface area contributed by atoms with Crippen LogP contribution < -0.4 is 10.5 Å². The molecule has 2 aliphatic rings. The van der Waals surface area contributed by atoms with Crippen molar-refractivity contribution in [1.29, 1.82) is 0 Å². The van der Waals surface area contributed by atoms with Gasteiger partial charge in [0.2, 0.25) is 10.0 Å². The standard InChI is InChI=1S/C17H21N5O4S/c1-26-16-5-4-14(8-15(16)17(18)23)27(24,25)22-11-2-3-12(22)7-13(6-11)21-10-19-9-20-21/h4-5,8-13H,2-3,6-7H2,1H3,(H2,18,23). The molecule has 0 radical (unpaired) electrons. The molecule has 0 aliphatic carbocycles. The first kappa shape index (κ1) is 17.9. The molecule has 2 aliphatic heterocycles. The van der Waals surface area contributed by atoms with E-state index >= 15 is 0 Å². The number of hydrogen-bond acceptors (Lipinski definition) is 6. The van der Waals surface area contributed by atoms with Crippen LogP contribution in [0.1, 0.15) is 42.1 Å². The van der Waals surface area contributed by atoms with E-state index in [0.29, 0.717) is 12.8 Å².